The lowest BCUT2D eigenvalue weighted by Crippen LogP contribution is -2.11. The Morgan fingerprint density at radius 1 is 0.958 bits per heavy atom. The zero-order valence-electron chi connectivity index (χ0n) is 14.2. The Morgan fingerprint density at radius 2 is 1.50 bits per heavy atom. The van der Waals surface area contributed by atoms with E-state index in [4.69, 9.17) is 9.47 Å². The van der Waals surface area contributed by atoms with Crippen molar-refractivity contribution in [3.63, 3.8) is 0 Å². The van der Waals surface area contributed by atoms with Gasteiger partial charge in [-0.2, -0.15) is 0 Å². The molecule has 0 aromatic heterocycles. The maximum atomic E-state index is 12.0. The number of carbonyl (C=O) groups excluding carboxylic acids is 2. The first-order chi connectivity index (χ1) is 11.5. The summed E-state index contributed by atoms with van der Waals surface area (Å²) in [6, 6.07) is 14.5. The van der Waals surface area contributed by atoms with E-state index in [2.05, 4.69) is 13.8 Å². The molecule has 0 spiro atoms. The summed E-state index contributed by atoms with van der Waals surface area (Å²) in [7, 11) is 0. The lowest BCUT2D eigenvalue weighted by Gasteiger charge is -2.10. The predicted molar refractivity (Wildman–Crippen MR) is 92.9 cm³/mol. The molecule has 2 aromatic rings. The van der Waals surface area contributed by atoms with Crippen LogP contribution in [0.1, 0.15) is 37.6 Å². The molecule has 0 amide bonds. The maximum absolute atomic E-state index is 12.0. The summed E-state index contributed by atoms with van der Waals surface area (Å²) in [4.78, 5) is 22.9. The van der Waals surface area contributed by atoms with Crippen LogP contribution in [0, 0.1) is 5.92 Å². The minimum absolute atomic E-state index is 0.299. The number of benzene rings is 2. The Hall–Kier alpha value is -2.62. The van der Waals surface area contributed by atoms with Crippen LogP contribution in [0.15, 0.2) is 48.5 Å². The van der Waals surface area contributed by atoms with E-state index in [1.54, 1.807) is 24.3 Å². The van der Waals surface area contributed by atoms with E-state index < -0.39 is 0 Å². The molecule has 0 saturated heterocycles. The molecule has 1 unspecified atom stereocenters. The van der Waals surface area contributed by atoms with E-state index in [-0.39, 0.29) is 11.9 Å². The summed E-state index contributed by atoms with van der Waals surface area (Å²) in [5.74, 6) is 0.232. The molecule has 0 heterocycles. The zero-order valence-corrected chi connectivity index (χ0v) is 14.2. The zero-order chi connectivity index (χ0) is 17.5. The largest absolute Gasteiger partial charge is 0.462 e. The normalized spacial score (nSPS) is 11.6. The molecule has 126 valence electrons. The van der Waals surface area contributed by atoms with Crippen molar-refractivity contribution in [1.82, 2.24) is 0 Å². The summed E-state index contributed by atoms with van der Waals surface area (Å²) in [5, 5.41) is 0. The second-order valence-corrected chi connectivity index (χ2v) is 5.81. The fourth-order valence-corrected chi connectivity index (χ4v) is 2.10. The third-order valence-electron chi connectivity index (χ3n) is 3.77. The lowest BCUT2D eigenvalue weighted by atomic mass is 10.0. The van der Waals surface area contributed by atoms with E-state index in [9.17, 15) is 9.59 Å². The van der Waals surface area contributed by atoms with Gasteiger partial charge < -0.3 is 9.47 Å². The number of carbonyl (C=O) groups is 2. The van der Waals surface area contributed by atoms with Gasteiger partial charge in [-0.3, -0.25) is 4.79 Å². The number of rotatable bonds is 6. The summed E-state index contributed by atoms with van der Waals surface area (Å²) < 4.78 is 10.3. The van der Waals surface area contributed by atoms with Gasteiger partial charge in [-0.05, 0) is 41.3 Å². The number of hydrogen-bond donors (Lipinski definition) is 0. The average Bonchev–Trinajstić information content (AvgIpc) is 2.59. The predicted octanol–water partition coefficient (Wildman–Crippen LogP) is 4.48. The maximum Gasteiger partial charge on any atom is 0.338 e. The molecule has 0 aliphatic heterocycles. The van der Waals surface area contributed by atoms with Crippen molar-refractivity contribution in [3.8, 4) is 16.9 Å². The monoisotopic (exact) mass is 326 g/mol. The van der Waals surface area contributed by atoms with E-state index in [0.717, 1.165) is 17.5 Å². The molecule has 0 fully saturated rings. The Balaban J connectivity index is 2.03. The van der Waals surface area contributed by atoms with Gasteiger partial charge in [-0.1, -0.05) is 44.5 Å². The van der Waals surface area contributed by atoms with Crippen LogP contribution in [-0.4, -0.2) is 18.5 Å². The molecule has 0 aliphatic carbocycles. The highest BCUT2D eigenvalue weighted by molar-refractivity contribution is 5.90. The second kappa shape index (κ2) is 8.29. The van der Waals surface area contributed by atoms with Gasteiger partial charge in [0.25, 0.3) is 0 Å². The molecule has 4 nitrogen and oxygen atoms in total. The van der Waals surface area contributed by atoms with Gasteiger partial charge in [-0.25, -0.2) is 4.79 Å². The van der Waals surface area contributed by atoms with Crippen LogP contribution in [0.25, 0.3) is 11.1 Å². The van der Waals surface area contributed by atoms with E-state index in [0.29, 0.717) is 23.8 Å². The second-order valence-electron chi connectivity index (χ2n) is 5.81. The smallest absolute Gasteiger partial charge is 0.338 e. The molecule has 0 aliphatic rings. The Bertz CT molecular complexity index is 687. The first kappa shape index (κ1) is 17.7. The average molecular weight is 326 g/mol. The van der Waals surface area contributed by atoms with Crippen molar-refractivity contribution >= 4 is 11.9 Å². The highest BCUT2D eigenvalue weighted by Crippen LogP contribution is 2.23. The first-order valence-corrected chi connectivity index (χ1v) is 8.05. The van der Waals surface area contributed by atoms with Crippen molar-refractivity contribution in [2.45, 2.75) is 27.2 Å². The fraction of sp³-hybridized carbons (Fsp3) is 0.300. The highest BCUT2D eigenvalue weighted by Gasteiger charge is 2.09. The molecular formula is C20H22O4. The first-order valence-electron chi connectivity index (χ1n) is 8.05. The third kappa shape index (κ3) is 4.95. The fourth-order valence-electron chi connectivity index (χ4n) is 2.10. The van der Waals surface area contributed by atoms with Crippen molar-refractivity contribution in [1.29, 1.82) is 0 Å². The standard InChI is InChI=1S/C20H22O4/c1-4-14(2)13-23-20(22)18-7-5-16(6-8-18)17-9-11-19(12-10-17)24-15(3)21/h5-12,14H,4,13H2,1-3H3. The summed E-state index contributed by atoms with van der Waals surface area (Å²) in [5.41, 5.74) is 2.49. The Morgan fingerprint density at radius 3 is 2.00 bits per heavy atom. The number of hydrogen-bond acceptors (Lipinski definition) is 4. The lowest BCUT2D eigenvalue weighted by molar-refractivity contribution is -0.131. The van der Waals surface area contributed by atoms with Crippen molar-refractivity contribution in [2.75, 3.05) is 6.61 Å². The molecule has 4 heteroatoms. The molecule has 0 saturated carbocycles. The molecule has 2 rings (SSSR count). The molecule has 24 heavy (non-hydrogen) atoms. The SMILES string of the molecule is CCC(C)COC(=O)c1ccc(-c2ccc(OC(C)=O)cc2)cc1. The molecule has 0 bridgehead atoms. The molecule has 0 radical (unpaired) electrons. The molecule has 1 atom stereocenters. The van der Waals surface area contributed by atoms with Gasteiger partial charge in [-0.15, -0.1) is 0 Å². The van der Waals surface area contributed by atoms with Crippen LogP contribution in [-0.2, 0) is 9.53 Å². The molecule has 0 N–H and O–H groups in total. The minimum atomic E-state index is -0.344. The topological polar surface area (TPSA) is 52.6 Å². The quantitative estimate of drug-likeness (QED) is 0.580. The number of ether oxygens (including phenoxy) is 2. The van der Waals surface area contributed by atoms with Gasteiger partial charge in [0.1, 0.15) is 5.75 Å². The van der Waals surface area contributed by atoms with Crippen LogP contribution in [0.2, 0.25) is 0 Å². The van der Waals surface area contributed by atoms with Crippen molar-refractivity contribution in [2.24, 2.45) is 5.92 Å². The molecular weight excluding hydrogens is 304 g/mol. The van der Waals surface area contributed by atoms with Gasteiger partial charge in [0.15, 0.2) is 0 Å². The third-order valence-corrected chi connectivity index (χ3v) is 3.77. The Labute approximate surface area is 142 Å². The van der Waals surface area contributed by atoms with E-state index in [1.165, 1.54) is 6.92 Å². The van der Waals surface area contributed by atoms with Crippen LogP contribution >= 0.6 is 0 Å². The summed E-state index contributed by atoms with van der Waals surface area (Å²) >= 11 is 0. The minimum Gasteiger partial charge on any atom is -0.462 e. The highest BCUT2D eigenvalue weighted by atomic mass is 16.5. The van der Waals surface area contributed by atoms with E-state index in [1.807, 2.05) is 24.3 Å². The van der Waals surface area contributed by atoms with Gasteiger partial charge in [0.2, 0.25) is 0 Å². The van der Waals surface area contributed by atoms with Crippen LogP contribution in [0.5, 0.6) is 5.75 Å². The van der Waals surface area contributed by atoms with Crippen molar-refractivity contribution < 1.29 is 19.1 Å². The van der Waals surface area contributed by atoms with Crippen LogP contribution in [0.4, 0.5) is 0 Å². The van der Waals surface area contributed by atoms with Crippen molar-refractivity contribution in [3.05, 3.63) is 54.1 Å². The van der Waals surface area contributed by atoms with Gasteiger partial charge in [0, 0.05) is 6.92 Å². The summed E-state index contributed by atoms with van der Waals surface area (Å²) in [6.45, 7) is 5.93. The molecule has 2 aromatic carbocycles. The van der Waals surface area contributed by atoms with Gasteiger partial charge in [0.05, 0.1) is 12.2 Å². The van der Waals surface area contributed by atoms with E-state index >= 15 is 0 Å². The summed E-state index contributed by atoms with van der Waals surface area (Å²) in [6.07, 6.45) is 0.982. The van der Waals surface area contributed by atoms with Crippen LogP contribution < -0.4 is 4.74 Å². The van der Waals surface area contributed by atoms with Gasteiger partial charge >= 0.3 is 11.9 Å². The van der Waals surface area contributed by atoms with Crippen LogP contribution in [0.3, 0.4) is 0 Å². The number of esters is 2. The Kier molecular flexibility index (Phi) is 6.13.